The van der Waals surface area contributed by atoms with Crippen molar-refractivity contribution in [2.24, 2.45) is 10.7 Å². The van der Waals surface area contributed by atoms with Crippen LogP contribution < -0.4 is 11.1 Å². The zero-order chi connectivity index (χ0) is 5.98. The Morgan fingerprint density at radius 3 is 2.62 bits per heavy atom. The van der Waals surface area contributed by atoms with Crippen molar-refractivity contribution in [3.63, 3.8) is 0 Å². The van der Waals surface area contributed by atoms with Crippen molar-refractivity contribution in [2.75, 3.05) is 0 Å². The van der Waals surface area contributed by atoms with Crippen molar-refractivity contribution < 1.29 is 4.79 Å². The molecule has 0 aromatic rings. The van der Waals surface area contributed by atoms with Crippen molar-refractivity contribution in [3.8, 4) is 0 Å². The van der Waals surface area contributed by atoms with E-state index in [1.54, 1.807) is 0 Å². The van der Waals surface area contributed by atoms with Gasteiger partial charge in [-0.15, -0.1) is 0 Å². The number of carbonyl (C=O) groups is 1. The van der Waals surface area contributed by atoms with Crippen molar-refractivity contribution in [1.29, 1.82) is 0 Å². The lowest BCUT2D eigenvalue weighted by molar-refractivity contribution is -0.112. The first-order valence-corrected chi connectivity index (χ1v) is 2.04. The molecule has 0 saturated heterocycles. The van der Waals surface area contributed by atoms with Gasteiger partial charge < -0.3 is 5.73 Å². The molecule has 0 spiro atoms. The predicted molar refractivity (Wildman–Crippen MR) is 27.9 cm³/mol. The van der Waals surface area contributed by atoms with Crippen LogP contribution in [0.5, 0.6) is 0 Å². The number of hydrogen-bond donors (Lipinski definition) is 1. The first-order chi connectivity index (χ1) is 3.80. The van der Waals surface area contributed by atoms with Gasteiger partial charge in [-0.05, 0) is 0 Å². The Hall–Kier alpha value is -1.32. The molecular weight excluding hydrogens is 106 g/mol. The third-order valence-electron chi connectivity index (χ3n) is 0.681. The standard InChI is InChI=1S/C4H4N3O/c5-3(8)4-6-1-2-7-4/h1-2H,(H2,5,8). The first kappa shape index (κ1) is 4.83. The number of hydrogen-bond acceptors (Lipinski definition) is 2. The molecule has 0 aliphatic carbocycles. The molecule has 1 rings (SSSR count). The molecule has 4 nitrogen and oxygen atoms in total. The summed E-state index contributed by atoms with van der Waals surface area (Å²) in [5, 5.41) is 3.53. The quantitative estimate of drug-likeness (QED) is 0.460. The van der Waals surface area contributed by atoms with Gasteiger partial charge in [0.05, 0.1) is 0 Å². The highest BCUT2D eigenvalue weighted by atomic mass is 16.1. The van der Waals surface area contributed by atoms with Crippen LogP contribution in [0.15, 0.2) is 17.4 Å². The maximum Gasteiger partial charge on any atom is 0.286 e. The van der Waals surface area contributed by atoms with Crippen LogP contribution in [0.4, 0.5) is 0 Å². The van der Waals surface area contributed by atoms with Gasteiger partial charge in [0.25, 0.3) is 5.91 Å². The Bertz CT molecular complexity index is 170. The summed E-state index contributed by atoms with van der Waals surface area (Å²) in [6.07, 6.45) is 2.83. The van der Waals surface area contributed by atoms with Gasteiger partial charge in [0, 0.05) is 12.4 Å². The Balaban J connectivity index is 2.64. The van der Waals surface area contributed by atoms with E-state index >= 15 is 0 Å². The second-order valence-electron chi connectivity index (χ2n) is 1.24. The first-order valence-electron chi connectivity index (χ1n) is 2.04. The lowest BCUT2D eigenvalue weighted by atomic mass is 10.6. The van der Waals surface area contributed by atoms with Crippen LogP contribution in [0, 0.1) is 0 Å². The highest BCUT2D eigenvalue weighted by Gasteiger charge is 2.07. The van der Waals surface area contributed by atoms with Gasteiger partial charge in [0.15, 0.2) is 0 Å². The SMILES string of the molecule is NC(=O)C1=NC=C[N]1. The smallest absolute Gasteiger partial charge is 0.286 e. The van der Waals surface area contributed by atoms with Gasteiger partial charge in [0.2, 0.25) is 5.84 Å². The van der Waals surface area contributed by atoms with Crippen molar-refractivity contribution in [1.82, 2.24) is 5.32 Å². The monoisotopic (exact) mass is 110 g/mol. The van der Waals surface area contributed by atoms with Crippen molar-refractivity contribution >= 4 is 11.7 Å². The van der Waals surface area contributed by atoms with Crippen LogP contribution >= 0.6 is 0 Å². The summed E-state index contributed by atoms with van der Waals surface area (Å²) >= 11 is 0. The molecule has 0 atom stereocenters. The minimum Gasteiger partial charge on any atom is -0.363 e. The molecule has 4 heteroatoms. The number of amidine groups is 1. The fourth-order valence-electron chi connectivity index (χ4n) is 0.368. The van der Waals surface area contributed by atoms with Crippen molar-refractivity contribution in [2.45, 2.75) is 0 Å². The van der Waals surface area contributed by atoms with Crippen LogP contribution in [0.3, 0.4) is 0 Å². The summed E-state index contributed by atoms with van der Waals surface area (Å²) < 4.78 is 0. The molecule has 1 radical (unpaired) electrons. The second-order valence-corrected chi connectivity index (χ2v) is 1.24. The molecular formula is C4H4N3O. The van der Waals surface area contributed by atoms with E-state index in [2.05, 4.69) is 10.3 Å². The molecule has 0 unspecified atom stereocenters. The summed E-state index contributed by atoms with van der Waals surface area (Å²) in [5.74, 6) is -0.514. The maximum atomic E-state index is 10.2. The minimum absolute atomic E-state index is 0.0741. The lowest BCUT2D eigenvalue weighted by Crippen LogP contribution is -2.27. The van der Waals surface area contributed by atoms with Crippen LogP contribution in [-0.4, -0.2) is 11.7 Å². The number of aliphatic imine (C=N–C) groups is 1. The zero-order valence-electron chi connectivity index (χ0n) is 4.03. The molecule has 1 aliphatic heterocycles. The average Bonchev–Trinajstić information content (AvgIpc) is 2.12. The van der Waals surface area contributed by atoms with E-state index in [9.17, 15) is 4.79 Å². The molecule has 1 amide bonds. The molecule has 0 aromatic heterocycles. The highest BCUT2D eigenvalue weighted by molar-refractivity contribution is 6.37. The molecule has 0 fully saturated rings. The normalized spacial score (nSPS) is 15.2. The number of nitrogens with two attached hydrogens (primary N) is 1. The molecule has 1 aliphatic rings. The van der Waals surface area contributed by atoms with Gasteiger partial charge in [-0.3, -0.25) is 4.79 Å². The van der Waals surface area contributed by atoms with Gasteiger partial charge in [-0.1, -0.05) is 0 Å². The molecule has 8 heavy (non-hydrogen) atoms. The molecule has 1 heterocycles. The molecule has 0 aromatic carbocycles. The summed E-state index contributed by atoms with van der Waals surface area (Å²) in [6, 6.07) is 0. The van der Waals surface area contributed by atoms with E-state index in [0.29, 0.717) is 0 Å². The Morgan fingerprint density at radius 1 is 1.62 bits per heavy atom. The molecule has 0 bridgehead atoms. The van der Waals surface area contributed by atoms with E-state index in [4.69, 9.17) is 5.73 Å². The van der Waals surface area contributed by atoms with Crippen molar-refractivity contribution in [3.05, 3.63) is 12.4 Å². The van der Waals surface area contributed by atoms with Gasteiger partial charge in [0.1, 0.15) is 0 Å². The Morgan fingerprint density at radius 2 is 2.38 bits per heavy atom. The number of carbonyl (C=O) groups excluding carboxylic acids is 1. The third-order valence-corrected chi connectivity index (χ3v) is 0.681. The van der Waals surface area contributed by atoms with E-state index in [1.165, 1.54) is 12.4 Å². The number of nitrogens with zero attached hydrogens (tertiary/aromatic N) is 2. The van der Waals surface area contributed by atoms with E-state index < -0.39 is 5.91 Å². The Labute approximate surface area is 46.1 Å². The molecule has 0 saturated carbocycles. The summed E-state index contributed by atoms with van der Waals surface area (Å²) in [6.45, 7) is 0. The van der Waals surface area contributed by atoms with E-state index in [-0.39, 0.29) is 5.84 Å². The second kappa shape index (κ2) is 1.65. The number of rotatable bonds is 1. The minimum atomic E-state index is -0.588. The Kier molecular flexibility index (Phi) is 0.997. The topological polar surface area (TPSA) is 69.6 Å². The maximum absolute atomic E-state index is 10.2. The fraction of sp³-hybridized carbons (Fsp3) is 0. The lowest BCUT2D eigenvalue weighted by Gasteiger charge is -1.86. The van der Waals surface area contributed by atoms with Crippen LogP contribution in [0.2, 0.25) is 0 Å². The van der Waals surface area contributed by atoms with Crippen LogP contribution in [0.25, 0.3) is 0 Å². The van der Waals surface area contributed by atoms with Crippen LogP contribution in [0.1, 0.15) is 0 Å². The largest absolute Gasteiger partial charge is 0.363 e. The predicted octanol–water partition coefficient (Wildman–Crippen LogP) is -1.04. The molecule has 2 N–H and O–H groups in total. The van der Waals surface area contributed by atoms with Crippen LogP contribution in [-0.2, 0) is 4.79 Å². The summed E-state index contributed by atoms with van der Waals surface area (Å²) in [4.78, 5) is 13.7. The summed E-state index contributed by atoms with van der Waals surface area (Å²) in [5.41, 5.74) is 4.79. The summed E-state index contributed by atoms with van der Waals surface area (Å²) in [7, 11) is 0. The highest BCUT2D eigenvalue weighted by Crippen LogP contribution is 1.86. The van der Waals surface area contributed by atoms with Gasteiger partial charge in [-0.25, -0.2) is 10.3 Å². The zero-order valence-corrected chi connectivity index (χ0v) is 4.03. The number of amides is 1. The number of primary amides is 1. The average molecular weight is 110 g/mol. The van der Waals surface area contributed by atoms with E-state index in [0.717, 1.165) is 0 Å². The van der Waals surface area contributed by atoms with Gasteiger partial charge >= 0.3 is 0 Å². The van der Waals surface area contributed by atoms with E-state index in [1.807, 2.05) is 0 Å². The van der Waals surface area contributed by atoms with Gasteiger partial charge in [-0.2, -0.15) is 0 Å². The fourth-order valence-corrected chi connectivity index (χ4v) is 0.368. The molecule has 41 valence electrons. The third kappa shape index (κ3) is 0.676.